The average molecular weight is 268 g/mol. The Bertz CT molecular complexity index is 610. The van der Waals surface area contributed by atoms with Gasteiger partial charge in [-0.1, -0.05) is 23.7 Å². The van der Waals surface area contributed by atoms with E-state index in [-0.39, 0.29) is 16.5 Å². The average Bonchev–Trinajstić information content (AvgIpc) is 2.64. The van der Waals surface area contributed by atoms with Gasteiger partial charge in [0.1, 0.15) is 17.1 Å². The maximum atomic E-state index is 10.9. The van der Waals surface area contributed by atoms with Gasteiger partial charge >= 0.3 is 5.69 Å². The lowest BCUT2D eigenvalue weighted by atomic mass is 10.3. The Balaban J connectivity index is 2.65. The maximum Gasteiger partial charge on any atom is 0.329 e. The highest BCUT2D eigenvalue weighted by Gasteiger charge is 2.25. The second kappa shape index (κ2) is 4.66. The largest absolute Gasteiger partial charge is 0.494 e. The third-order valence-corrected chi connectivity index (χ3v) is 2.81. The molecule has 0 bridgehead atoms. The van der Waals surface area contributed by atoms with Gasteiger partial charge in [-0.05, 0) is 19.1 Å². The molecule has 18 heavy (non-hydrogen) atoms. The van der Waals surface area contributed by atoms with Gasteiger partial charge in [-0.2, -0.15) is 5.10 Å². The highest BCUT2D eigenvalue weighted by Crippen LogP contribution is 2.32. The summed E-state index contributed by atoms with van der Waals surface area (Å²) in [7, 11) is 1.51. The van der Waals surface area contributed by atoms with E-state index in [4.69, 9.17) is 16.3 Å². The molecule has 0 radical (unpaired) electrons. The predicted molar refractivity (Wildman–Crippen MR) is 66.5 cm³/mol. The van der Waals surface area contributed by atoms with Crippen LogP contribution in [0.3, 0.4) is 0 Å². The Labute approximate surface area is 108 Å². The minimum atomic E-state index is -0.545. The molecule has 1 aromatic carbocycles. The van der Waals surface area contributed by atoms with E-state index in [1.54, 1.807) is 24.3 Å². The van der Waals surface area contributed by atoms with E-state index in [0.29, 0.717) is 11.4 Å². The molecule has 0 fully saturated rings. The lowest BCUT2D eigenvalue weighted by molar-refractivity contribution is -0.385. The molecular weight excluding hydrogens is 258 g/mol. The summed E-state index contributed by atoms with van der Waals surface area (Å²) < 4.78 is 6.47. The number of hydrogen-bond donors (Lipinski definition) is 0. The summed E-state index contributed by atoms with van der Waals surface area (Å²) in [6.07, 6.45) is 0. The van der Waals surface area contributed by atoms with Gasteiger partial charge in [0.25, 0.3) is 0 Å². The van der Waals surface area contributed by atoms with Crippen molar-refractivity contribution in [2.45, 2.75) is 6.92 Å². The summed E-state index contributed by atoms with van der Waals surface area (Å²) in [5.41, 5.74) is 0.625. The first-order valence-electron chi connectivity index (χ1n) is 5.09. The smallest absolute Gasteiger partial charge is 0.329 e. The molecule has 0 amide bonds. The zero-order valence-corrected chi connectivity index (χ0v) is 10.5. The molecule has 1 heterocycles. The molecular formula is C11H10ClN3O3. The normalized spacial score (nSPS) is 10.4. The number of benzene rings is 1. The molecule has 6 nitrogen and oxygen atoms in total. The lowest BCUT2D eigenvalue weighted by Crippen LogP contribution is -2.00. The van der Waals surface area contributed by atoms with Gasteiger partial charge in [-0.25, -0.2) is 4.68 Å². The topological polar surface area (TPSA) is 70.2 Å². The zero-order valence-electron chi connectivity index (χ0n) is 9.75. The van der Waals surface area contributed by atoms with Crippen LogP contribution >= 0.6 is 11.6 Å². The second-order valence-electron chi connectivity index (χ2n) is 3.57. The minimum Gasteiger partial charge on any atom is -0.494 e. The molecule has 2 aromatic rings. The van der Waals surface area contributed by atoms with Crippen molar-refractivity contribution in [3.63, 3.8) is 0 Å². The van der Waals surface area contributed by atoms with Crippen LogP contribution in [-0.4, -0.2) is 21.8 Å². The fourth-order valence-corrected chi connectivity index (χ4v) is 2.00. The number of aromatic nitrogens is 2. The summed E-state index contributed by atoms with van der Waals surface area (Å²) in [5.74, 6) is 0.539. The van der Waals surface area contributed by atoms with E-state index >= 15 is 0 Å². The summed E-state index contributed by atoms with van der Waals surface area (Å²) >= 11 is 5.99. The Morgan fingerprint density at radius 1 is 1.44 bits per heavy atom. The van der Waals surface area contributed by atoms with Crippen LogP contribution in [-0.2, 0) is 0 Å². The second-order valence-corrected chi connectivity index (χ2v) is 3.92. The summed E-state index contributed by atoms with van der Waals surface area (Å²) in [6.45, 7) is 1.54. The van der Waals surface area contributed by atoms with Crippen molar-refractivity contribution in [3.8, 4) is 11.4 Å². The first kappa shape index (κ1) is 12.4. The number of para-hydroxylation sites is 2. The standard InChI is InChI=1S/C11H10ClN3O3/c1-7-10(15(16)17)11(12)14(13-7)8-5-3-4-6-9(8)18-2/h3-6H,1-2H3. The molecule has 0 N–H and O–H groups in total. The quantitative estimate of drug-likeness (QED) is 0.633. The molecule has 0 saturated carbocycles. The van der Waals surface area contributed by atoms with E-state index in [9.17, 15) is 10.1 Å². The molecule has 2 rings (SSSR count). The van der Waals surface area contributed by atoms with Crippen LogP contribution in [0.15, 0.2) is 24.3 Å². The molecule has 0 aliphatic rings. The number of methoxy groups -OCH3 is 1. The van der Waals surface area contributed by atoms with E-state index < -0.39 is 4.92 Å². The summed E-state index contributed by atoms with van der Waals surface area (Å²) in [5, 5.41) is 14.9. The number of rotatable bonds is 3. The third kappa shape index (κ3) is 1.91. The zero-order chi connectivity index (χ0) is 13.3. The number of aryl methyl sites for hydroxylation is 1. The molecule has 0 aliphatic heterocycles. The van der Waals surface area contributed by atoms with Crippen LogP contribution in [0.4, 0.5) is 5.69 Å². The van der Waals surface area contributed by atoms with Crippen LogP contribution in [0.5, 0.6) is 5.75 Å². The number of nitro groups is 1. The van der Waals surface area contributed by atoms with Crippen molar-refractivity contribution in [1.82, 2.24) is 9.78 Å². The number of halogens is 1. The van der Waals surface area contributed by atoms with Crippen molar-refractivity contribution in [2.75, 3.05) is 7.11 Å². The van der Waals surface area contributed by atoms with Crippen molar-refractivity contribution >= 4 is 17.3 Å². The van der Waals surface area contributed by atoms with E-state index in [0.717, 1.165) is 0 Å². The van der Waals surface area contributed by atoms with Crippen LogP contribution < -0.4 is 4.74 Å². The molecule has 1 aromatic heterocycles. The van der Waals surface area contributed by atoms with Gasteiger partial charge < -0.3 is 4.74 Å². The number of hydrogen-bond acceptors (Lipinski definition) is 4. The molecule has 94 valence electrons. The lowest BCUT2D eigenvalue weighted by Gasteiger charge is -2.07. The number of nitrogens with zero attached hydrogens (tertiary/aromatic N) is 3. The molecule has 0 aliphatic carbocycles. The molecule has 0 atom stereocenters. The van der Waals surface area contributed by atoms with Crippen LogP contribution in [0.2, 0.25) is 5.15 Å². The van der Waals surface area contributed by atoms with Crippen molar-refractivity contribution in [1.29, 1.82) is 0 Å². The molecule has 0 saturated heterocycles. The monoisotopic (exact) mass is 267 g/mol. The van der Waals surface area contributed by atoms with Gasteiger partial charge in [-0.15, -0.1) is 0 Å². The highest BCUT2D eigenvalue weighted by atomic mass is 35.5. The van der Waals surface area contributed by atoms with Crippen LogP contribution in [0.25, 0.3) is 5.69 Å². The van der Waals surface area contributed by atoms with Gasteiger partial charge in [0, 0.05) is 0 Å². The maximum absolute atomic E-state index is 10.9. The van der Waals surface area contributed by atoms with Crippen molar-refractivity contribution < 1.29 is 9.66 Å². The van der Waals surface area contributed by atoms with E-state index in [2.05, 4.69) is 5.10 Å². The Morgan fingerprint density at radius 2 is 2.11 bits per heavy atom. The molecule has 0 unspecified atom stereocenters. The van der Waals surface area contributed by atoms with Gasteiger partial charge in [0.05, 0.1) is 12.0 Å². The SMILES string of the molecule is COc1ccccc1-n1nc(C)c([N+](=O)[O-])c1Cl. The van der Waals surface area contributed by atoms with Gasteiger partial charge in [-0.3, -0.25) is 10.1 Å². The number of ether oxygens (including phenoxy) is 1. The van der Waals surface area contributed by atoms with Crippen molar-refractivity contribution in [2.24, 2.45) is 0 Å². The van der Waals surface area contributed by atoms with Crippen LogP contribution in [0.1, 0.15) is 5.69 Å². The third-order valence-electron chi connectivity index (χ3n) is 2.47. The predicted octanol–water partition coefficient (Wildman–Crippen LogP) is 2.75. The Hall–Kier alpha value is -2.08. The summed E-state index contributed by atoms with van der Waals surface area (Å²) in [6, 6.07) is 7.02. The first-order valence-corrected chi connectivity index (χ1v) is 5.47. The van der Waals surface area contributed by atoms with Gasteiger partial charge in [0.2, 0.25) is 5.15 Å². The van der Waals surface area contributed by atoms with E-state index in [1.807, 2.05) is 0 Å². The van der Waals surface area contributed by atoms with Crippen LogP contribution in [0, 0.1) is 17.0 Å². The minimum absolute atomic E-state index is 0.0398. The first-order chi connectivity index (χ1) is 8.56. The Morgan fingerprint density at radius 3 is 2.67 bits per heavy atom. The van der Waals surface area contributed by atoms with E-state index in [1.165, 1.54) is 18.7 Å². The van der Waals surface area contributed by atoms with Gasteiger partial charge in [0.15, 0.2) is 0 Å². The fourth-order valence-electron chi connectivity index (χ4n) is 1.66. The highest BCUT2D eigenvalue weighted by molar-refractivity contribution is 6.32. The van der Waals surface area contributed by atoms with Crippen molar-refractivity contribution in [3.05, 3.63) is 45.2 Å². The fraction of sp³-hybridized carbons (Fsp3) is 0.182. The molecule has 0 spiro atoms. The summed E-state index contributed by atoms with van der Waals surface area (Å²) in [4.78, 5) is 10.3. The molecule has 7 heteroatoms. The Kier molecular flexibility index (Phi) is 3.20.